The predicted molar refractivity (Wildman–Crippen MR) is 117 cm³/mol. The van der Waals surface area contributed by atoms with E-state index in [1.165, 1.54) is 36.4 Å². The number of aliphatic hydroxyl groups excluding tert-OH is 1. The molecule has 0 aliphatic rings. The summed E-state index contributed by atoms with van der Waals surface area (Å²) < 4.78 is 0. The summed E-state index contributed by atoms with van der Waals surface area (Å²) in [6.07, 6.45) is -0.199. The molecule has 10 nitrogen and oxygen atoms in total. The minimum atomic E-state index is -3.95. The first kappa shape index (κ1) is 27.6. The molecule has 5 N–H and O–H groups in total. The topological polar surface area (TPSA) is 173 Å². The van der Waals surface area contributed by atoms with Crippen molar-refractivity contribution >= 4 is 23.5 Å². The second kappa shape index (κ2) is 11.4. The van der Waals surface area contributed by atoms with Crippen LogP contribution in [0.1, 0.15) is 27.6 Å². The molecule has 0 radical (unpaired) electrons. The lowest BCUT2D eigenvalue weighted by Gasteiger charge is -2.34. The van der Waals surface area contributed by atoms with Crippen molar-refractivity contribution in [1.82, 2.24) is 4.90 Å². The van der Waals surface area contributed by atoms with Gasteiger partial charge in [0, 0.05) is 17.7 Å². The molecule has 0 aliphatic carbocycles. The first-order chi connectivity index (χ1) is 15.3. The number of likely N-dealkylation sites (N-methyl/N-ethyl adjacent to an activating group) is 1. The van der Waals surface area contributed by atoms with Crippen molar-refractivity contribution in [2.45, 2.75) is 24.2 Å². The lowest BCUT2D eigenvalue weighted by molar-refractivity contribution is -0.187. The number of aliphatic carboxylic acids is 2. The Hall–Kier alpha value is -3.44. The monoisotopic (exact) mass is 461 g/mol. The first-order valence-electron chi connectivity index (χ1n) is 9.74. The normalized spacial score (nSPS) is 15.2. The van der Waals surface area contributed by atoms with E-state index < -0.39 is 45.8 Å². The van der Waals surface area contributed by atoms with Crippen LogP contribution in [-0.4, -0.2) is 91.9 Å². The molecule has 3 atom stereocenters. The van der Waals surface area contributed by atoms with E-state index in [2.05, 4.69) is 0 Å². The molecule has 33 heavy (non-hydrogen) atoms. The summed E-state index contributed by atoms with van der Waals surface area (Å²) in [4.78, 5) is 50.5. The molecule has 2 aromatic carbocycles. The number of carbonyl (C=O) groups excluding carboxylic acids is 2. The Morgan fingerprint density at radius 1 is 0.758 bits per heavy atom. The molecule has 0 saturated heterocycles. The summed E-state index contributed by atoms with van der Waals surface area (Å²) in [7, 11) is 3.87. The molecule has 0 fully saturated rings. The lowest BCUT2D eigenvalue weighted by Crippen LogP contribution is -2.71. The van der Waals surface area contributed by atoms with Gasteiger partial charge in [0.15, 0.2) is 0 Å². The molecule has 2 rings (SSSR count). The number of nitrogens with zero attached hydrogens (tertiary/aromatic N) is 1. The van der Waals surface area contributed by atoms with E-state index in [0.29, 0.717) is 0 Å². The predicted octanol–water partition coefficient (Wildman–Crippen LogP) is 0.312. The average Bonchev–Trinajstić information content (AvgIpc) is 2.77. The van der Waals surface area contributed by atoms with Crippen LogP contribution in [0.5, 0.6) is 0 Å². The molecule has 0 aromatic heterocycles. The Kier molecular flexibility index (Phi) is 9.56. The number of carboxylic acids is 2. The maximum absolute atomic E-state index is 12.6. The van der Waals surface area contributed by atoms with E-state index in [4.69, 9.17) is 5.11 Å². The van der Waals surface area contributed by atoms with Crippen LogP contribution in [0.3, 0.4) is 0 Å². The van der Waals surface area contributed by atoms with Gasteiger partial charge in [0.1, 0.15) is 0 Å². The van der Waals surface area contributed by atoms with Gasteiger partial charge in [-0.1, -0.05) is 60.7 Å². The number of carboxylic acid groups (broad SMARTS) is 2. The molecule has 10 heteroatoms. The Morgan fingerprint density at radius 3 is 1.24 bits per heavy atom. The molecular weight excluding hydrogens is 434 g/mol. The van der Waals surface area contributed by atoms with Crippen LogP contribution in [0.4, 0.5) is 0 Å². The first-order valence-corrected chi connectivity index (χ1v) is 9.74. The summed E-state index contributed by atoms with van der Waals surface area (Å²) in [6.45, 7) is 2.53. The molecule has 0 saturated carbocycles. The zero-order valence-corrected chi connectivity index (χ0v) is 18.4. The molecule has 178 valence electrons. The van der Waals surface area contributed by atoms with E-state index in [-0.39, 0.29) is 6.10 Å². The number of rotatable bonds is 9. The maximum atomic E-state index is 12.6. The van der Waals surface area contributed by atoms with E-state index in [9.17, 15) is 39.6 Å². The lowest BCUT2D eigenvalue weighted by atomic mass is 9.73. The van der Waals surface area contributed by atoms with Crippen LogP contribution in [-0.2, 0) is 9.59 Å². The van der Waals surface area contributed by atoms with Gasteiger partial charge >= 0.3 is 11.9 Å². The molecule has 2 aromatic rings. The van der Waals surface area contributed by atoms with Crippen LogP contribution >= 0.6 is 0 Å². The summed E-state index contributed by atoms with van der Waals surface area (Å²) in [5, 5.41) is 48.5. The Bertz CT molecular complexity index is 896. The van der Waals surface area contributed by atoms with Crippen molar-refractivity contribution in [2.24, 2.45) is 0 Å². The van der Waals surface area contributed by atoms with Crippen molar-refractivity contribution < 1.29 is 44.7 Å². The molecule has 0 aliphatic heterocycles. The highest BCUT2D eigenvalue weighted by Gasteiger charge is 2.69. The van der Waals surface area contributed by atoms with Gasteiger partial charge in [-0.05, 0) is 21.0 Å². The summed E-state index contributed by atoms with van der Waals surface area (Å²) >= 11 is 0. The number of aliphatic hydroxyl groups is 3. The van der Waals surface area contributed by atoms with Crippen LogP contribution in [0.25, 0.3) is 0 Å². The molecule has 2 unspecified atom stereocenters. The second-order valence-electron chi connectivity index (χ2n) is 7.53. The number of ketones is 2. The maximum Gasteiger partial charge on any atom is 0.348 e. The number of hydrogen-bond acceptors (Lipinski definition) is 8. The van der Waals surface area contributed by atoms with Crippen molar-refractivity contribution in [3.63, 3.8) is 0 Å². The van der Waals surface area contributed by atoms with Gasteiger partial charge in [0.05, 0.1) is 6.10 Å². The Balaban J connectivity index is 0.000000675. The highest BCUT2D eigenvalue weighted by molar-refractivity contribution is 6.28. The van der Waals surface area contributed by atoms with Gasteiger partial charge in [0.2, 0.25) is 11.6 Å². The van der Waals surface area contributed by atoms with Gasteiger partial charge in [-0.3, -0.25) is 9.59 Å². The van der Waals surface area contributed by atoms with Crippen LogP contribution in [0.15, 0.2) is 60.7 Å². The summed E-state index contributed by atoms with van der Waals surface area (Å²) in [6, 6.07) is 12.8. The zero-order chi connectivity index (χ0) is 25.4. The van der Waals surface area contributed by atoms with Crippen molar-refractivity contribution in [3.05, 3.63) is 71.8 Å². The average molecular weight is 461 g/mol. The third-order valence-corrected chi connectivity index (χ3v) is 4.50. The number of Topliss-reactive ketones (excluding diaryl/α,β-unsaturated/α-hetero) is 2. The van der Waals surface area contributed by atoms with Gasteiger partial charge in [0.25, 0.3) is 11.2 Å². The molecule has 0 heterocycles. The minimum Gasteiger partial charge on any atom is -0.479 e. The molecule has 0 spiro atoms. The third-order valence-electron chi connectivity index (χ3n) is 4.50. The number of benzene rings is 2. The fraction of sp³-hybridized carbons (Fsp3) is 0.304. The Labute approximate surface area is 190 Å². The summed E-state index contributed by atoms with van der Waals surface area (Å²) in [5.74, 6) is -8.03. The number of hydrogen-bond donors (Lipinski definition) is 5. The standard InChI is InChI=1S/C18H14O8.C5H13NO/c19-13(11-7-3-1-4-8-11)17(25,15(21)22)18(26,16(23)24)14(20)12-9-5-2-6-10-12;1-5(7)4-6(2)3/h1-10,25-26H,(H,21,22)(H,23,24);5,7H,4H2,1-3H3/t;5-/m.1/s1. The second-order valence-corrected chi connectivity index (χ2v) is 7.53. The van der Waals surface area contributed by atoms with Gasteiger partial charge in [-0.25, -0.2) is 9.59 Å². The SMILES string of the molecule is C[C@@H](O)CN(C)C.O=C(O)C(O)(C(=O)c1ccccc1)C(O)(C(=O)O)C(=O)c1ccccc1. The van der Waals surface area contributed by atoms with Crippen LogP contribution < -0.4 is 0 Å². The third kappa shape index (κ3) is 6.08. The van der Waals surface area contributed by atoms with Crippen LogP contribution in [0.2, 0.25) is 0 Å². The summed E-state index contributed by atoms with van der Waals surface area (Å²) in [5.41, 5.74) is -8.68. The van der Waals surface area contributed by atoms with Crippen molar-refractivity contribution in [3.8, 4) is 0 Å². The largest absolute Gasteiger partial charge is 0.479 e. The molecule has 0 bridgehead atoms. The van der Waals surface area contributed by atoms with Gasteiger partial charge < -0.3 is 30.4 Å². The minimum absolute atomic E-state index is 0.199. The highest BCUT2D eigenvalue weighted by Crippen LogP contribution is 2.31. The molecule has 0 amide bonds. The highest BCUT2D eigenvalue weighted by atomic mass is 16.5. The van der Waals surface area contributed by atoms with E-state index in [0.717, 1.165) is 30.8 Å². The van der Waals surface area contributed by atoms with E-state index in [1.54, 1.807) is 6.92 Å². The van der Waals surface area contributed by atoms with Gasteiger partial charge in [-0.15, -0.1) is 0 Å². The zero-order valence-electron chi connectivity index (χ0n) is 18.4. The fourth-order valence-electron chi connectivity index (χ4n) is 2.96. The number of carbonyl (C=O) groups is 4. The molecular formula is C23H27NO9. The van der Waals surface area contributed by atoms with E-state index in [1.807, 2.05) is 19.0 Å². The van der Waals surface area contributed by atoms with E-state index >= 15 is 0 Å². The smallest absolute Gasteiger partial charge is 0.348 e. The van der Waals surface area contributed by atoms with Crippen molar-refractivity contribution in [1.29, 1.82) is 0 Å². The van der Waals surface area contributed by atoms with Gasteiger partial charge in [-0.2, -0.15) is 0 Å². The van der Waals surface area contributed by atoms with Crippen molar-refractivity contribution in [2.75, 3.05) is 20.6 Å². The quantitative estimate of drug-likeness (QED) is 0.258. The fourth-order valence-corrected chi connectivity index (χ4v) is 2.96. The Morgan fingerprint density at radius 2 is 1.06 bits per heavy atom. The van der Waals surface area contributed by atoms with Crippen LogP contribution in [0, 0.1) is 0 Å².